The summed E-state index contributed by atoms with van der Waals surface area (Å²) in [4.78, 5) is 26.8. The first kappa shape index (κ1) is 20.9. The molecule has 1 heterocycles. The Balaban J connectivity index is 2.32. The number of ether oxygens (including phenoxy) is 1. The van der Waals surface area contributed by atoms with Crippen LogP contribution in [-0.2, 0) is 17.7 Å². The van der Waals surface area contributed by atoms with Crippen LogP contribution in [0.15, 0.2) is 42.5 Å². The summed E-state index contributed by atoms with van der Waals surface area (Å²) < 4.78 is 6.99. The SMILES string of the molecule is CCCc1c(C(=O)N(C)C)c2ccc(C(=O)OC)cc2n1Cc1ccccc1Cl. The predicted molar refractivity (Wildman–Crippen MR) is 116 cm³/mol. The molecule has 3 rings (SSSR count). The number of esters is 1. The molecule has 0 atom stereocenters. The topological polar surface area (TPSA) is 51.5 Å². The first-order valence-electron chi connectivity index (χ1n) is 9.57. The van der Waals surface area contributed by atoms with Crippen molar-refractivity contribution in [2.75, 3.05) is 21.2 Å². The quantitative estimate of drug-likeness (QED) is 0.547. The number of halogens is 1. The summed E-state index contributed by atoms with van der Waals surface area (Å²) in [7, 11) is 4.86. The van der Waals surface area contributed by atoms with Crippen LogP contribution in [0.5, 0.6) is 0 Å². The molecule has 0 saturated carbocycles. The van der Waals surface area contributed by atoms with E-state index in [1.807, 2.05) is 30.3 Å². The highest BCUT2D eigenvalue weighted by molar-refractivity contribution is 6.31. The summed E-state index contributed by atoms with van der Waals surface area (Å²) >= 11 is 6.42. The van der Waals surface area contributed by atoms with Crippen LogP contribution in [0, 0.1) is 0 Å². The second-order valence-corrected chi connectivity index (χ2v) is 7.58. The fourth-order valence-electron chi connectivity index (χ4n) is 3.58. The van der Waals surface area contributed by atoms with E-state index >= 15 is 0 Å². The van der Waals surface area contributed by atoms with Crippen LogP contribution in [0.25, 0.3) is 10.9 Å². The van der Waals surface area contributed by atoms with Crippen molar-refractivity contribution in [3.05, 3.63) is 69.9 Å². The van der Waals surface area contributed by atoms with Crippen LogP contribution in [0.1, 0.15) is 45.3 Å². The van der Waals surface area contributed by atoms with Gasteiger partial charge in [-0.1, -0.05) is 49.2 Å². The second kappa shape index (κ2) is 8.70. The van der Waals surface area contributed by atoms with Gasteiger partial charge in [0.05, 0.1) is 23.8 Å². The molecule has 0 aliphatic rings. The van der Waals surface area contributed by atoms with Gasteiger partial charge >= 0.3 is 5.97 Å². The highest BCUT2D eigenvalue weighted by Crippen LogP contribution is 2.31. The molecule has 0 bridgehead atoms. The zero-order valence-corrected chi connectivity index (χ0v) is 17.9. The van der Waals surface area contributed by atoms with Crippen LogP contribution in [-0.4, -0.2) is 42.5 Å². The Morgan fingerprint density at radius 3 is 2.48 bits per heavy atom. The van der Waals surface area contributed by atoms with Crippen molar-refractivity contribution < 1.29 is 14.3 Å². The number of methoxy groups -OCH3 is 1. The average Bonchev–Trinajstić information content (AvgIpc) is 3.01. The molecule has 0 spiro atoms. The normalized spacial score (nSPS) is 10.9. The summed E-state index contributed by atoms with van der Waals surface area (Å²) in [5.74, 6) is -0.461. The van der Waals surface area contributed by atoms with Crippen LogP contribution in [0.2, 0.25) is 5.02 Å². The fraction of sp³-hybridized carbons (Fsp3) is 0.304. The van der Waals surface area contributed by atoms with Crippen molar-refractivity contribution in [3.63, 3.8) is 0 Å². The lowest BCUT2D eigenvalue weighted by Crippen LogP contribution is -2.23. The third kappa shape index (κ3) is 4.01. The molecular formula is C23H25ClN2O3. The van der Waals surface area contributed by atoms with Gasteiger partial charge in [0, 0.05) is 36.7 Å². The minimum absolute atomic E-state index is 0.0535. The number of carbonyl (C=O) groups excluding carboxylic acids is 2. The van der Waals surface area contributed by atoms with Gasteiger partial charge in [0.1, 0.15) is 0 Å². The lowest BCUT2D eigenvalue weighted by Gasteiger charge is -2.15. The Bertz CT molecular complexity index is 1070. The molecule has 0 N–H and O–H groups in total. The molecule has 0 saturated heterocycles. The molecule has 2 aromatic carbocycles. The van der Waals surface area contributed by atoms with E-state index < -0.39 is 5.97 Å². The fourth-order valence-corrected chi connectivity index (χ4v) is 3.78. The van der Waals surface area contributed by atoms with Crippen molar-refractivity contribution in [1.29, 1.82) is 0 Å². The number of nitrogens with zero attached hydrogens (tertiary/aromatic N) is 2. The number of rotatable bonds is 6. The monoisotopic (exact) mass is 412 g/mol. The van der Waals surface area contributed by atoms with E-state index in [1.165, 1.54) is 7.11 Å². The minimum Gasteiger partial charge on any atom is -0.465 e. The molecule has 0 radical (unpaired) electrons. The standard InChI is InChI=1S/C23H25ClN2O3/c1-5-8-19-21(22(27)25(2)3)17-12-11-15(23(28)29-4)13-20(17)26(19)14-16-9-6-7-10-18(16)24/h6-7,9-13H,5,8,14H2,1-4H3. The van der Waals surface area contributed by atoms with E-state index in [2.05, 4.69) is 11.5 Å². The molecule has 0 fully saturated rings. The number of aromatic nitrogens is 1. The molecule has 0 aliphatic heterocycles. The van der Waals surface area contributed by atoms with Gasteiger partial charge < -0.3 is 14.2 Å². The van der Waals surface area contributed by atoms with Crippen LogP contribution >= 0.6 is 11.6 Å². The van der Waals surface area contributed by atoms with E-state index in [1.54, 1.807) is 31.1 Å². The van der Waals surface area contributed by atoms with Gasteiger partial charge in [-0.05, 0) is 30.2 Å². The van der Waals surface area contributed by atoms with Crippen LogP contribution in [0.3, 0.4) is 0 Å². The van der Waals surface area contributed by atoms with Crippen LogP contribution in [0.4, 0.5) is 0 Å². The van der Waals surface area contributed by atoms with Gasteiger partial charge in [0.25, 0.3) is 5.91 Å². The lowest BCUT2D eigenvalue weighted by molar-refractivity contribution is 0.0600. The van der Waals surface area contributed by atoms with Gasteiger partial charge in [-0.15, -0.1) is 0 Å². The molecule has 29 heavy (non-hydrogen) atoms. The molecule has 6 heteroatoms. The summed E-state index contributed by atoms with van der Waals surface area (Å²) in [6.07, 6.45) is 1.62. The number of fused-ring (bicyclic) bond motifs is 1. The van der Waals surface area contributed by atoms with Crippen molar-refractivity contribution in [3.8, 4) is 0 Å². The van der Waals surface area contributed by atoms with E-state index in [4.69, 9.17) is 16.3 Å². The molecule has 1 amide bonds. The Hall–Kier alpha value is -2.79. The number of benzene rings is 2. The first-order chi connectivity index (χ1) is 13.9. The van der Waals surface area contributed by atoms with Gasteiger partial charge in [-0.3, -0.25) is 4.79 Å². The average molecular weight is 413 g/mol. The third-order valence-corrected chi connectivity index (χ3v) is 5.36. The number of hydrogen-bond acceptors (Lipinski definition) is 3. The third-order valence-electron chi connectivity index (χ3n) is 4.99. The Morgan fingerprint density at radius 2 is 1.86 bits per heavy atom. The van der Waals surface area contributed by atoms with Gasteiger partial charge in [0.2, 0.25) is 0 Å². The van der Waals surface area contributed by atoms with E-state index in [0.29, 0.717) is 22.7 Å². The molecule has 152 valence electrons. The minimum atomic E-state index is -0.407. The molecule has 0 aliphatic carbocycles. The Kier molecular flexibility index (Phi) is 6.28. The highest BCUT2D eigenvalue weighted by atomic mass is 35.5. The Morgan fingerprint density at radius 1 is 1.14 bits per heavy atom. The maximum atomic E-state index is 13.1. The zero-order chi connectivity index (χ0) is 21.1. The van der Waals surface area contributed by atoms with Gasteiger partial charge in [0.15, 0.2) is 0 Å². The maximum Gasteiger partial charge on any atom is 0.337 e. The van der Waals surface area contributed by atoms with E-state index in [0.717, 1.165) is 35.0 Å². The van der Waals surface area contributed by atoms with Crippen molar-refractivity contribution in [2.24, 2.45) is 0 Å². The summed E-state index contributed by atoms with van der Waals surface area (Å²) in [6, 6.07) is 13.0. The lowest BCUT2D eigenvalue weighted by atomic mass is 10.1. The Labute approximate surface area is 175 Å². The first-order valence-corrected chi connectivity index (χ1v) is 9.95. The molecule has 0 unspecified atom stereocenters. The second-order valence-electron chi connectivity index (χ2n) is 7.17. The molecular weight excluding hydrogens is 388 g/mol. The maximum absolute atomic E-state index is 13.1. The van der Waals surface area contributed by atoms with E-state index in [9.17, 15) is 9.59 Å². The predicted octanol–water partition coefficient (Wildman–Crippen LogP) is 4.78. The zero-order valence-electron chi connectivity index (χ0n) is 17.2. The van der Waals surface area contributed by atoms with Gasteiger partial charge in [-0.25, -0.2) is 4.79 Å². The number of carbonyl (C=O) groups is 2. The molecule has 5 nitrogen and oxygen atoms in total. The summed E-state index contributed by atoms with van der Waals surface area (Å²) in [6.45, 7) is 2.60. The largest absolute Gasteiger partial charge is 0.465 e. The van der Waals surface area contributed by atoms with Crippen molar-refractivity contribution >= 4 is 34.4 Å². The smallest absolute Gasteiger partial charge is 0.337 e. The molecule has 1 aromatic heterocycles. The summed E-state index contributed by atoms with van der Waals surface area (Å²) in [5, 5.41) is 1.49. The number of hydrogen-bond donors (Lipinski definition) is 0. The highest BCUT2D eigenvalue weighted by Gasteiger charge is 2.24. The van der Waals surface area contributed by atoms with Crippen molar-refractivity contribution in [2.45, 2.75) is 26.3 Å². The van der Waals surface area contributed by atoms with Crippen LogP contribution < -0.4 is 0 Å². The number of amides is 1. The van der Waals surface area contributed by atoms with Gasteiger partial charge in [-0.2, -0.15) is 0 Å². The summed E-state index contributed by atoms with van der Waals surface area (Å²) in [5.41, 5.74) is 3.85. The van der Waals surface area contributed by atoms with E-state index in [-0.39, 0.29) is 5.91 Å². The molecule has 3 aromatic rings. The van der Waals surface area contributed by atoms with Crippen molar-refractivity contribution in [1.82, 2.24) is 9.47 Å².